The molecule has 1 N–H and O–H groups in total. The molecule has 0 saturated heterocycles. The van der Waals surface area contributed by atoms with Crippen molar-refractivity contribution in [2.45, 2.75) is 18.5 Å². The fraction of sp³-hybridized carbons (Fsp3) is 0.167. The zero-order valence-corrected chi connectivity index (χ0v) is 16.2. The summed E-state index contributed by atoms with van der Waals surface area (Å²) in [6, 6.07) is 27.7. The van der Waals surface area contributed by atoms with Gasteiger partial charge in [-0.3, -0.25) is 0 Å². The molecule has 3 aromatic carbocycles. The van der Waals surface area contributed by atoms with Crippen molar-refractivity contribution in [3.8, 4) is 16.9 Å². The highest BCUT2D eigenvalue weighted by Crippen LogP contribution is 2.38. The van der Waals surface area contributed by atoms with Crippen molar-refractivity contribution in [1.29, 1.82) is 0 Å². The van der Waals surface area contributed by atoms with Gasteiger partial charge >= 0.3 is 0 Å². The zero-order valence-electron chi connectivity index (χ0n) is 16.2. The molecule has 1 aliphatic heterocycles. The summed E-state index contributed by atoms with van der Waals surface area (Å²) in [5, 5.41) is 7.99. The molecule has 2 atom stereocenters. The smallest absolute Gasteiger partial charge is 0.222 e. The molecule has 0 spiro atoms. The van der Waals surface area contributed by atoms with Gasteiger partial charge in [-0.05, 0) is 40.8 Å². The molecule has 1 aliphatic rings. The molecule has 5 nitrogen and oxygen atoms in total. The highest BCUT2D eigenvalue weighted by atomic mass is 16.5. The molecule has 1 aromatic heterocycles. The number of methoxy groups -OCH3 is 1. The predicted molar refractivity (Wildman–Crippen MR) is 114 cm³/mol. The van der Waals surface area contributed by atoms with Gasteiger partial charge in [-0.15, -0.1) is 0 Å². The largest absolute Gasteiger partial charge is 0.497 e. The van der Waals surface area contributed by atoms with E-state index >= 15 is 0 Å². The first-order chi connectivity index (χ1) is 14.3. The molecule has 5 rings (SSSR count). The molecule has 2 heterocycles. The number of rotatable bonds is 4. The number of anilines is 1. The minimum Gasteiger partial charge on any atom is -0.497 e. The van der Waals surface area contributed by atoms with E-state index in [1.54, 1.807) is 13.4 Å². The number of hydrogen-bond donors (Lipinski definition) is 1. The van der Waals surface area contributed by atoms with Crippen molar-refractivity contribution in [3.05, 3.63) is 96.3 Å². The van der Waals surface area contributed by atoms with Gasteiger partial charge < -0.3 is 10.1 Å². The summed E-state index contributed by atoms with van der Waals surface area (Å²) in [7, 11) is 1.68. The monoisotopic (exact) mass is 382 g/mol. The molecule has 0 radical (unpaired) electrons. The highest BCUT2D eigenvalue weighted by molar-refractivity contribution is 5.63. The van der Waals surface area contributed by atoms with Crippen molar-refractivity contribution in [3.63, 3.8) is 0 Å². The molecule has 144 valence electrons. The van der Waals surface area contributed by atoms with Gasteiger partial charge in [0.15, 0.2) is 0 Å². The lowest BCUT2D eigenvalue weighted by Crippen LogP contribution is -2.28. The maximum Gasteiger partial charge on any atom is 0.222 e. The van der Waals surface area contributed by atoms with Crippen LogP contribution in [0.3, 0.4) is 0 Å². The van der Waals surface area contributed by atoms with Crippen molar-refractivity contribution in [2.24, 2.45) is 0 Å². The fourth-order valence-corrected chi connectivity index (χ4v) is 3.98. The summed E-state index contributed by atoms with van der Waals surface area (Å²) in [6.45, 7) is 0. The molecule has 0 unspecified atom stereocenters. The number of benzene rings is 3. The van der Waals surface area contributed by atoms with Crippen molar-refractivity contribution in [1.82, 2.24) is 14.8 Å². The second-order valence-corrected chi connectivity index (χ2v) is 7.24. The standard InChI is InChI=1S/C24H22N4O/c1-29-21-13-11-20(12-14-21)23-15-22(27-24-25-16-26-28(23)24)19-9-7-18(8-10-19)17-5-3-2-4-6-17/h2-14,16,22-23H,15H2,1H3,(H,25,26,27)/t22-,23-/m0/s1. The van der Waals surface area contributed by atoms with Gasteiger partial charge in [-0.2, -0.15) is 10.1 Å². The third-order valence-electron chi connectivity index (χ3n) is 5.55. The maximum atomic E-state index is 5.30. The second-order valence-electron chi connectivity index (χ2n) is 7.24. The average Bonchev–Trinajstić information content (AvgIpc) is 3.28. The van der Waals surface area contributed by atoms with Crippen LogP contribution in [0.15, 0.2) is 85.2 Å². The van der Waals surface area contributed by atoms with E-state index in [-0.39, 0.29) is 12.1 Å². The molecular formula is C24H22N4O. The van der Waals surface area contributed by atoms with Gasteiger partial charge in [0, 0.05) is 0 Å². The van der Waals surface area contributed by atoms with E-state index in [1.807, 2.05) is 22.9 Å². The minimum absolute atomic E-state index is 0.124. The van der Waals surface area contributed by atoms with Crippen molar-refractivity contribution < 1.29 is 4.74 Å². The van der Waals surface area contributed by atoms with Gasteiger partial charge in [0.05, 0.1) is 19.2 Å². The highest BCUT2D eigenvalue weighted by Gasteiger charge is 2.29. The summed E-state index contributed by atoms with van der Waals surface area (Å²) in [5.41, 5.74) is 4.90. The Hall–Kier alpha value is -3.60. The Bertz CT molecular complexity index is 1090. The quantitative estimate of drug-likeness (QED) is 0.533. The van der Waals surface area contributed by atoms with Crippen LogP contribution in [0.1, 0.15) is 29.6 Å². The van der Waals surface area contributed by atoms with Crippen LogP contribution in [-0.2, 0) is 0 Å². The van der Waals surface area contributed by atoms with Crippen LogP contribution >= 0.6 is 0 Å². The SMILES string of the molecule is COc1ccc([C@@H]2C[C@@H](c3ccc(-c4ccccc4)cc3)Nc3ncnn32)cc1. The lowest BCUT2D eigenvalue weighted by Gasteiger charge is -2.32. The molecule has 0 bridgehead atoms. The molecule has 0 amide bonds. The molecule has 0 fully saturated rings. The third-order valence-corrected chi connectivity index (χ3v) is 5.55. The van der Waals surface area contributed by atoms with E-state index in [2.05, 4.69) is 76.1 Å². The second kappa shape index (κ2) is 7.43. The van der Waals surface area contributed by atoms with Crippen LogP contribution < -0.4 is 10.1 Å². The van der Waals surface area contributed by atoms with Crippen LogP contribution in [0.5, 0.6) is 5.75 Å². The Labute approximate surface area is 170 Å². The number of hydrogen-bond acceptors (Lipinski definition) is 4. The van der Waals surface area contributed by atoms with Crippen LogP contribution in [-0.4, -0.2) is 21.9 Å². The topological polar surface area (TPSA) is 52.0 Å². The molecule has 4 aromatic rings. The Balaban J connectivity index is 1.44. The van der Waals surface area contributed by atoms with Crippen molar-refractivity contribution in [2.75, 3.05) is 12.4 Å². The van der Waals surface area contributed by atoms with Gasteiger partial charge in [-0.25, -0.2) is 4.68 Å². The third kappa shape index (κ3) is 3.36. The maximum absolute atomic E-state index is 5.30. The van der Waals surface area contributed by atoms with E-state index in [0.717, 1.165) is 18.1 Å². The first-order valence-corrected chi connectivity index (χ1v) is 9.77. The van der Waals surface area contributed by atoms with Crippen LogP contribution in [0.2, 0.25) is 0 Å². The first kappa shape index (κ1) is 17.5. The summed E-state index contributed by atoms with van der Waals surface area (Å²) < 4.78 is 7.27. The zero-order chi connectivity index (χ0) is 19.6. The Morgan fingerprint density at radius 3 is 2.28 bits per heavy atom. The van der Waals surface area contributed by atoms with Crippen LogP contribution in [0.25, 0.3) is 11.1 Å². The summed E-state index contributed by atoms with van der Waals surface area (Å²) in [6.07, 6.45) is 2.51. The Morgan fingerprint density at radius 2 is 1.55 bits per heavy atom. The van der Waals surface area contributed by atoms with Crippen LogP contribution in [0.4, 0.5) is 5.95 Å². The van der Waals surface area contributed by atoms with E-state index < -0.39 is 0 Å². The average molecular weight is 382 g/mol. The number of ether oxygens (including phenoxy) is 1. The van der Waals surface area contributed by atoms with E-state index in [9.17, 15) is 0 Å². The molecule has 0 aliphatic carbocycles. The predicted octanol–water partition coefficient (Wildman–Crippen LogP) is 5.10. The number of nitrogens with zero attached hydrogens (tertiary/aromatic N) is 3. The summed E-state index contributed by atoms with van der Waals surface area (Å²) in [4.78, 5) is 4.42. The summed E-state index contributed by atoms with van der Waals surface area (Å²) >= 11 is 0. The molecule has 29 heavy (non-hydrogen) atoms. The minimum atomic E-state index is 0.124. The normalized spacial score (nSPS) is 18.0. The van der Waals surface area contributed by atoms with Gasteiger partial charge in [0.1, 0.15) is 12.1 Å². The number of aromatic nitrogens is 3. The molecule has 5 heteroatoms. The van der Waals surface area contributed by atoms with Gasteiger partial charge in [0.25, 0.3) is 0 Å². The number of nitrogens with one attached hydrogen (secondary N) is 1. The lowest BCUT2D eigenvalue weighted by atomic mass is 9.92. The van der Waals surface area contributed by atoms with E-state index in [0.29, 0.717) is 0 Å². The van der Waals surface area contributed by atoms with E-state index in [4.69, 9.17) is 4.74 Å². The fourth-order valence-electron chi connectivity index (χ4n) is 3.98. The lowest BCUT2D eigenvalue weighted by molar-refractivity contribution is 0.411. The van der Waals surface area contributed by atoms with Gasteiger partial charge in [0.2, 0.25) is 5.95 Å². The van der Waals surface area contributed by atoms with Crippen molar-refractivity contribution >= 4 is 5.95 Å². The first-order valence-electron chi connectivity index (χ1n) is 9.77. The van der Waals surface area contributed by atoms with E-state index in [1.165, 1.54) is 22.3 Å². The summed E-state index contributed by atoms with van der Waals surface area (Å²) in [5.74, 6) is 1.66. The Morgan fingerprint density at radius 1 is 0.862 bits per heavy atom. The van der Waals surface area contributed by atoms with Crippen LogP contribution in [0, 0.1) is 0 Å². The molecular weight excluding hydrogens is 360 g/mol. The Kier molecular flexibility index (Phi) is 4.48. The molecule has 0 saturated carbocycles. The number of fused-ring (bicyclic) bond motifs is 1. The van der Waals surface area contributed by atoms with Gasteiger partial charge in [-0.1, -0.05) is 66.7 Å².